The molecule has 0 fully saturated rings. The summed E-state index contributed by atoms with van der Waals surface area (Å²) < 4.78 is 0. The third-order valence-corrected chi connectivity index (χ3v) is 2.80. The van der Waals surface area contributed by atoms with Gasteiger partial charge in [0.1, 0.15) is 16.8 Å². The van der Waals surface area contributed by atoms with Gasteiger partial charge in [-0.1, -0.05) is 18.3 Å². The zero-order chi connectivity index (χ0) is 13.7. The van der Waals surface area contributed by atoms with Crippen LogP contribution in [0.3, 0.4) is 0 Å². The topological polar surface area (TPSA) is 71.2 Å². The second kappa shape index (κ2) is 6.30. The van der Waals surface area contributed by atoms with E-state index in [1.54, 1.807) is 37.1 Å². The Bertz CT molecular complexity index is 449. The van der Waals surface area contributed by atoms with Gasteiger partial charge >= 0.3 is 0 Å². The Kier molecular flexibility index (Phi) is 5.03. The van der Waals surface area contributed by atoms with Crippen molar-refractivity contribution in [3.8, 4) is 0 Å². The van der Waals surface area contributed by atoms with Crippen molar-refractivity contribution in [2.75, 3.05) is 18.9 Å². The molecule has 1 atom stereocenters. The third kappa shape index (κ3) is 3.66. The Morgan fingerprint density at radius 1 is 1.61 bits per heavy atom. The largest absolute Gasteiger partial charge is 0.388 e. The Morgan fingerprint density at radius 3 is 2.83 bits per heavy atom. The Balaban J connectivity index is 2.75. The van der Waals surface area contributed by atoms with Gasteiger partial charge in [-0.15, -0.1) is 0 Å². The molecule has 1 aromatic rings. The summed E-state index contributed by atoms with van der Waals surface area (Å²) >= 11 is 4.86. The number of carbonyl (C=O) groups is 1. The molecule has 3 N–H and O–H groups in total. The highest BCUT2D eigenvalue weighted by Gasteiger charge is 2.16. The highest BCUT2D eigenvalue weighted by molar-refractivity contribution is 7.80. The molecule has 0 aliphatic rings. The summed E-state index contributed by atoms with van der Waals surface area (Å²) in [5, 5.41) is 3.03. The van der Waals surface area contributed by atoms with E-state index in [4.69, 9.17) is 18.0 Å². The Morgan fingerprint density at radius 2 is 2.28 bits per heavy atom. The van der Waals surface area contributed by atoms with Gasteiger partial charge in [0.15, 0.2) is 0 Å². The molecule has 1 aromatic heterocycles. The molecule has 1 rings (SSSR count). The second-order valence-corrected chi connectivity index (χ2v) is 4.43. The molecule has 98 valence electrons. The lowest BCUT2D eigenvalue weighted by Gasteiger charge is -2.21. The van der Waals surface area contributed by atoms with E-state index >= 15 is 0 Å². The predicted octanol–water partition coefficient (Wildman–Crippen LogP) is 0.994. The van der Waals surface area contributed by atoms with Crippen LogP contribution in [-0.2, 0) is 4.79 Å². The number of nitrogens with one attached hydrogen (secondary N) is 1. The molecule has 1 amide bonds. The fourth-order valence-corrected chi connectivity index (χ4v) is 1.54. The van der Waals surface area contributed by atoms with Crippen LogP contribution in [0.15, 0.2) is 18.2 Å². The highest BCUT2D eigenvalue weighted by atomic mass is 32.1. The molecule has 0 aliphatic heterocycles. The van der Waals surface area contributed by atoms with Crippen LogP contribution in [0.5, 0.6) is 0 Å². The van der Waals surface area contributed by atoms with Crippen molar-refractivity contribution in [2.45, 2.75) is 19.9 Å². The molecule has 1 heterocycles. The summed E-state index contributed by atoms with van der Waals surface area (Å²) in [6.07, 6.45) is 0. The maximum atomic E-state index is 11.9. The zero-order valence-corrected chi connectivity index (χ0v) is 11.6. The minimum Gasteiger partial charge on any atom is -0.388 e. The quantitative estimate of drug-likeness (QED) is 0.778. The van der Waals surface area contributed by atoms with Gasteiger partial charge in [0.25, 0.3) is 0 Å². The van der Waals surface area contributed by atoms with Gasteiger partial charge < -0.3 is 16.0 Å². The van der Waals surface area contributed by atoms with E-state index in [0.29, 0.717) is 18.1 Å². The molecule has 18 heavy (non-hydrogen) atoms. The molecule has 0 bridgehead atoms. The number of rotatable bonds is 5. The number of anilines is 1. The van der Waals surface area contributed by atoms with Crippen molar-refractivity contribution >= 4 is 28.9 Å². The Labute approximate surface area is 112 Å². The van der Waals surface area contributed by atoms with Crippen LogP contribution >= 0.6 is 12.2 Å². The first-order valence-electron chi connectivity index (χ1n) is 5.74. The summed E-state index contributed by atoms with van der Waals surface area (Å²) in [4.78, 5) is 18.0. The minimum atomic E-state index is -0.343. The van der Waals surface area contributed by atoms with Crippen molar-refractivity contribution < 1.29 is 4.79 Å². The fraction of sp³-hybridized carbons (Fsp3) is 0.417. The van der Waals surface area contributed by atoms with E-state index < -0.39 is 0 Å². The maximum Gasteiger partial charge on any atom is 0.244 e. The van der Waals surface area contributed by atoms with Crippen LogP contribution in [0.2, 0.25) is 0 Å². The SMILES string of the molecule is CCN(C)C(=O)C(C)Nc1cccc(C(N)=S)n1. The molecule has 0 saturated heterocycles. The average molecular weight is 266 g/mol. The molecule has 0 aliphatic carbocycles. The normalized spacial score (nSPS) is 11.7. The number of nitrogens with two attached hydrogens (primary N) is 1. The second-order valence-electron chi connectivity index (χ2n) is 3.99. The predicted molar refractivity (Wildman–Crippen MR) is 76.5 cm³/mol. The summed E-state index contributed by atoms with van der Waals surface area (Å²) in [7, 11) is 1.76. The summed E-state index contributed by atoms with van der Waals surface area (Å²) in [6.45, 7) is 4.39. The molecule has 0 saturated carbocycles. The smallest absolute Gasteiger partial charge is 0.244 e. The highest BCUT2D eigenvalue weighted by Crippen LogP contribution is 2.07. The van der Waals surface area contributed by atoms with E-state index in [1.165, 1.54) is 0 Å². The van der Waals surface area contributed by atoms with E-state index in [9.17, 15) is 4.79 Å². The standard InChI is InChI=1S/C12H18N4OS/c1-4-16(3)12(17)8(2)14-10-7-5-6-9(15-10)11(13)18/h5-8H,4H2,1-3H3,(H2,13,18)(H,14,15). The van der Waals surface area contributed by atoms with Gasteiger partial charge in [-0.05, 0) is 26.0 Å². The molecular weight excluding hydrogens is 248 g/mol. The summed E-state index contributed by atoms with van der Waals surface area (Å²) in [5.74, 6) is 0.602. The van der Waals surface area contributed by atoms with E-state index in [-0.39, 0.29) is 16.9 Å². The molecule has 0 spiro atoms. The van der Waals surface area contributed by atoms with Crippen LogP contribution < -0.4 is 11.1 Å². The fourth-order valence-electron chi connectivity index (χ4n) is 1.42. The van der Waals surface area contributed by atoms with Crippen LogP contribution in [0.25, 0.3) is 0 Å². The van der Waals surface area contributed by atoms with E-state index in [0.717, 1.165) is 0 Å². The Hall–Kier alpha value is -1.69. The number of hydrogen-bond donors (Lipinski definition) is 2. The number of likely N-dealkylation sites (N-methyl/N-ethyl adjacent to an activating group) is 1. The van der Waals surface area contributed by atoms with Crippen LogP contribution in [0.4, 0.5) is 5.82 Å². The average Bonchev–Trinajstić information content (AvgIpc) is 2.37. The third-order valence-electron chi connectivity index (χ3n) is 2.59. The molecule has 0 radical (unpaired) electrons. The van der Waals surface area contributed by atoms with Gasteiger partial charge in [0.05, 0.1) is 5.69 Å². The number of hydrogen-bond acceptors (Lipinski definition) is 4. The lowest BCUT2D eigenvalue weighted by Crippen LogP contribution is -2.39. The summed E-state index contributed by atoms with van der Waals surface area (Å²) in [5.41, 5.74) is 6.05. The molecule has 0 aromatic carbocycles. The first-order chi connectivity index (χ1) is 8.45. The van der Waals surface area contributed by atoms with Gasteiger partial charge in [-0.3, -0.25) is 4.79 Å². The van der Waals surface area contributed by atoms with Crippen molar-refractivity contribution in [3.05, 3.63) is 23.9 Å². The first kappa shape index (κ1) is 14.4. The number of nitrogens with zero attached hydrogens (tertiary/aromatic N) is 2. The van der Waals surface area contributed by atoms with Crippen molar-refractivity contribution in [2.24, 2.45) is 5.73 Å². The van der Waals surface area contributed by atoms with Crippen molar-refractivity contribution in [1.82, 2.24) is 9.88 Å². The van der Waals surface area contributed by atoms with Gasteiger partial charge in [-0.2, -0.15) is 0 Å². The van der Waals surface area contributed by atoms with E-state index in [1.807, 2.05) is 6.92 Å². The van der Waals surface area contributed by atoms with Crippen LogP contribution in [0, 0.1) is 0 Å². The van der Waals surface area contributed by atoms with Gasteiger partial charge in [-0.25, -0.2) is 4.98 Å². The van der Waals surface area contributed by atoms with Crippen LogP contribution in [0.1, 0.15) is 19.5 Å². The maximum absolute atomic E-state index is 11.9. The molecule has 5 nitrogen and oxygen atoms in total. The monoisotopic (exact) mass is 266 g/mol. The number of thiocarbonyl (C=S) groups is 1. The number of amides is 1. The van der Waals surface area contributed by atoms with Crippen LogP contribution in [-0.4, -0.2) is 40.4 Å². The van der Waals surface area contributed by atoms with Crippen molar-refractivity contribution in [1.29, 1.82) is 0 Å². The lowest BCUT2D eigenvalue weighted by atomic mass is 10.2. The molecule has 6 heteroatoms. The zero-order valence-electron chi connectivity index (χ0n) is 10.8. The minimum absolute atomic E-state index is 0.0139. The first-order valence-corrected chi connectivity index (χ1v) is 6.15. The number of pyridine rings is 1. The van der Waals surface area contributed by atoms with Gasteiger partial charge in [0.2, 0.25) is 5.91 Å². The number of carbonyl (C=O) groups excluding carboxylic acids is 1. The number of aromatic nitrogens is 1. The van der Waals surface area contributed by atoms with E-state index in [2.05, 4.69) is 10.3 Å². The molecular formula is C12H18N4OS. The lowest BCUT2D eigenvalue weighted by molar-refractivity contribution is -0.130. The molecule has 1 unspecified atom stereocenters. The van der Waals surface area contributed by atoms with Gasteiger partial charge in [0, 0.05) is 13.6 Å². The summed E-state index contributed by atoms with van der Waals surface area (Å²) in [6, 6.07) is 4.96. The van der Waals surface area contributed by atoms with Crippen molar-refractivity contribution in [3.63, 3.8) is 0 Å².